The van der Waals surface area contributed by atoms with E-state index in [-0.39, 0.29) is 5.82 Å². The molecule has 0 spiro atoms. The quantitative estimate of drug-likeness (QED) is 0.814. The second-order valence-corrected chi connectivity index (χ2v) is 5.23. The lowest BCUT2D eigenvalue weighted by atomic mass is 10.00. The summed E-state index contributed by atoms with van der Waals surface area (Å²) >= 11 is 0. The van der Waals surface area contributed by atoms with Crippen LogP contribution in [0, 0.1) is 5.82 Å². The minimum atomic E-state index is -0.238. The van der Waals surface area contributed by atoms with Crippen molar-refractivity contribution in [3.05, 3.63) is 29.6 Å². The Balaban J connectivity index is 2.15. The lowest BCUT2D eigenvalue weighted by molar-refractivity contribution is 0.0901. The summed E-state index contributed by atoms with van der Waals surface area (Å²) in [5.74, 6) is 0.214. The zero-order valence-corrected chi connectivity index (χ0v) is 11.4. The molecule has 0 fully saturated rings. The van der Waals surface area contributed by atoms with E-state index in [1.165, 1.54) is 6.07 Å². The number of halogens is 1. The minimum Gasteiger partial charge on any atom is -0.489 e. The number of rotatable bonds is 4. The smallest absolute Gasteiger partial charge is 0.165 e. The van der Waals surface area contributed by atoms with Crippen LogP contribution in [-0.2, 0) is 6.42 Å². The van der Waals surface area contributed by atoms with Gasteiger partial charge < -0.3 is 4.74 Å². The van der Waals surface area contributed by atoms with E-state index < -0.39 is 0 Å². The molecule has 1 aromatic rings. The van der Waals surface area contributed by atoms with E-state index in [4.69, 9.17) is 4.74 Å². The Morgan fingerprint density at radius 1 is 1.44 bits per heavy atom. The van der Waals surface area contributed by atoms with Crippen molar-refractivity contribution in [1.82, 2.24) is 4.90 Å². The number of hydrogen-bond acceptors (Lipinski definition) is 2. The van der Waals surface area contributed by atoms with E-state index in [1.54, 1.807) is 6.07 Å². The Hall–Kier alpha value is -1.09. The van der Waals surface area contributed by atoms with Crippen LogP contribution in [0.4, 0.5) is 4.39 Å². The maximum Gasteiger partial charge on any atom is 0.165 e. The normalized spacial score (nSPS) is 18.9. The average molecular weight is 251 g/mol. The molecular formula is C15H22FNO. The minimum absolute atomic E-state index is 0.238. The second kappa shape index (κ2) is 5.70. The highest BCUT2D eigenvalue weighted by Crippen LogP contribution is 2.29. The van der Waals surface area contributed by atoms with Gasteiger partial charge in [-0.3, -0.25) is 4.90 Å². The van der Waals surface area contributed by atoms with Crippen LogP contribution in [0.25, 0.3) is 0 Å². The first-order chi connectivity index (χ1) is 8.63. The summed E-state index contributed by atoms with van der Waals surface area (Å²) in [4.78, 5) is 2.45. The molecule has 0 N–H and O–H groups in total. The van der Waals surface area contributed by atoms with Gasteiger partial charge in [-0.1, -0.05) is 19.1 Å². The van der Waals surface area contributed by atoms with Crippen LogP contribution in [0.1, 0.15) is 32.8 Å². The van der Waals surface area contributed by atoms with Crippen LogP contribution in [0.3, 0.4) is 0 Å². The van der Waals surface area contributed by atoms with Gasteiger partial charge in [0.25, 0.3) is 0 Å². The van der Waals surface area contributed by atoms with E-state index in [0.29, 0.717) is 24.4 Å². The van der Waals surface area contributed by atoms with Gasteiger partial charge in [0, 0.05) is 12.1 Å². The number of ether oxygens (including phenoxy) is 1. The monoisotopic (exact) mass is 251 g/mol. The topological polar surface area (TPSA) is 12.5 Å². The third kappa shape index (κ3) is 2.66. The predicted molar refractivity (Wildman–Crippen MR) is 71.5 cm³/mol. The zero-order valence-electron chi connectivity index (χ0n) is 11.4. The molecule has 1 aromatic carbocycles. The lowest BCUT2D eigenvalue weighted by Crippen LogP contribution is -2.47. The van der Waals surface area contributed by atoms with Crippen LogP contribution in [-0.4, -0.2) is 30.1 Å². The molecule has 1 atom stereocenters. The summed E-state index contributed by atoms with van der Waals surface area (Å²) in [6.45, 7) is 8.25. The Morgan fingerprint density at radius 2 is 2.22 bits per heavy atom. The van der Waals surface area contributed by atoms with Crippen molar-refractivity contribution in [2.45, 2.75) is 45.7 Å². The van der Waals surface area contributed by atoms with Crippen molar-refractivity contribution in [2.24, 2.45) is 0 Å². The molecule has 1 aliphatic rings. The highest BCUT2D eigenvalue weighted by atomic mass is 19.1. The van der Waals surface area contributed by atoms with Crippen LogP contribution < -0.4 is 4.74 Å². The first-order valence-electron chi connectivity index (χ1n) is 6.79. The SMILES string of the molecule is CCCN(C(C)C)[C@H]1COc2c(F)cccc2C1. The van der Waals surface area contributed by atoms with Crippen LogP contribution in [0.5, 0.6) is 5.75 Å². The number of nitrogens with zero attached hydrogens (tertiary/aromatic N) is 1. The Kier molecular flexibility index (Phi) is 4.23. The molecule has 0 saturated carbocycles. The number of benzene rings is 1. The van der Waals surface area contributed by atoms with Gasteiger partial charge >= 0.3 is 0 Å². The van der Waals surface area contributed by atoms with E-state index in [0.717, 1.165) is 24.9 Å². The molecule has 0 bridgehead atoms. The van der Waals surface area contributed by atoms with Crippen molar-refractivity contribution in [2.75, 3.05) is 13.2 Å². The van der Waals surface area contributed by atoms with E-state index in [9.17, 15) is 4.39 Å². The van der Waals surface area contributed by atoms with Crippen molar-refractivity contribution < 1.29 is 9.13 Å². The standard InChI is InChI=1S/C15H22FNO/c1-4-8-17(11(2)3)13-9-12-6-5-7-14(16)15(12)18-10-13/h5-7,11,13H,4,8-10H2,1-3H3/t13-/m1/s1. The molecular weight excluding hydrogens is 229 g/mol. The third-order valence-electron chi connectivity index (χ3n) is 3.54. The average Bonchev–Trinajstić information content (AvgIpc) is 2.35. The highest BCUT2D eigenvalue weighted by molar-refractivity contribution is 5.37. The van der Waals surface area contributed by atoms with Crippen molar-refractivity contribution in [3.63, 3.8) is 0 Å². The Labute approximate surface area is 109 Å². The summed E-state index contributed by atoms with van der Waals surface area (Å²) in [7, 11) is 0. The number of fused-ring (bicyclic) bond motifs is 1. The van der Waals surface area contributed by atoms with Gasteiger partial charge in [-0.25, -0.2) is 4.39 Å². The van der Waals surface area contributed by atoms with Crippen molar-refractivity contribution >= 4 is 0 Å². The van der Waals surface area contributed by atoms with E-state index >= 15 is 0 Å². The summed E-state index contributed by atoms with van der Waals surface area (Å²) in [5, 5.41) is 0. The highest BCUT2D eigenvalue weighted by Gasteiger charge is 2.27. The molecule has 1 aliphatic heterocycles. The van der Waals surface area contributed by atoms with Gasteiger partial charge in [0.2, 0.25) is 0 Å². The molecule has 1 heterocycles. The van der Waals surface area contributed by atoms with Gasteiger partial charge in [-0.15, -0.1) is 0 Å². The Bertz CT molecular complexity index is 405. The molecule has 100 valence electrons. The molecule has 2 rings (SSSR count). The van der Waals surface area contributed by atoms with Gasteiger partial charge in [0.15, 0.2) is 11.6 Å². The maximum absolute atomic E-state index is 13.6. The summed E-state index contributed by atoms with van der Waals surface area (Å²) in [5.41, 5.74) is 0.994. The fourth-order valence-corrected chi connectivity index (χ4v) is 2.70. The van der Waals surface area contributed by atoms with E-state index in [2.05, 4.69) is 25.7 Å². The third-order valence-corrected chi connectivity index (χ3v) is 3.54. The molecule has 0 amide bonds. The van der Waals surface area contributed by atoms with E-state index in [1.807, 2.05) is 6.07 Å². The first-order valence-corrected chi connectivity index (χ1v) is 6.79. The molecule has 18 heavy (non-hydrogen) atoms. The fourth-order valence-electron chi connectivity index (χ4n) is 2.70. The molecule has 3 heteroatoms. The largest absolute Gasteiger partial charge is 0.489 e. The predicted octanol–water partition coefficient (Wildman–Crippen LogP) is 3.25. The van der Waals surface area contributed by atoms with Crippen LogP contribution >= 0.6 is 0 Å². The molecule has 0 aliphatic carbocycles. The number of para-hydroxylation sites is 1. The van der Waals surface area contributed by atoms with Crippen LogP contribution in [0.15, 0.2) is 18.2 Å². The maximum atomic E-state index is 13.6. The fraction of sp³-hybridized carbons (Fsp3) is 0.600. The van der Waals surface area contributed by atoms with Crippen molar-refractivity contribution in [1.29, 1.82) is 0 Å². The van der Waals surface area contributed by atoms with Gasteiger partial charge in [0.1, 0.15) is 6.61 Å². The second-order valence-electron chi connectivity index (χ2n) is 5.23. The Morgan fingerprint density at radius 3 is 2.89 bits per heavy atom. The summed E-state index contributed by atoms with van der Waals surface area (Å²) < 4.78 is 19.2. The molecule has 0 aromatic heterocycles. The lowest BCUT2D eigenvalue weighted by Gasteiger charge is -2.37. The zero-order chi connectivity index (χ0) is 13.1. The van der Waals surface area contributed by atoms with Gasteiger partial charge in [-0.05, 0) is 44.9 Å². The van der Waals surface area contributed by atoms with Gasteiger partial charge in [-0.2, -0.15) is 0 Å². The molecule has 0 saturated heterocycles. The first kappa shape index (κ1) is 13.3. The summed E-state index contributed by atoms with van der Waals surface area (Å²) in [6, 6.07) is 6.05. The molecule has 2 nitrogen and oxygen atoms in total. The summed E-state index contributed by atoms with van der Waals surface area (Å²) in [6.07, 6.45) is 2.01. The molecule has 0 radical (unpaired) electrons. The van der Waals surface area contributed by atoms with Gasteiger partial charge in [0.05, 0.1) is 0 Å². The van der Waals surface area contributed by atoms with Crippen molar-refractivity contribution in [3.8, 4) is 5.75 Å². The molecule has 0 unspecified atom stereocenters. The van der Waals surface area contributed by atoms with Crippen LogP contribution in [0.2, 0.25) is 0 Å². The number of hydrogen-bond donors (Lipinski definition) is 0.